The summed E-state index contributed by atoms with van der Waals surface area (Å²) in [5.74, 6) is -0.400. The quantitative estimate of drug-likeness (QED) is 0.248. The van der Waals surface area contributed by atoms with Gasteiger partial charge in [-0.3, -0.25) is 20.1 Å². The third-order valence-corrected chi connectivity index (χ3v) is 7.21. The number of thiazole rings is 2. The molecule has 0 radical (unpaired) electrons. The van der Waals surface area contributed by atoms with E-state index in [1.807, 2.05) is 36.6 Å². The zero-order valence-corrected chi connectivity index (χ0v) is 19.1. The number of hydrogen-bond acceptors (Lipinski definition) is 8. The summed E-state index contributed by atoms with van der Waals surface area (Å²) in [6.07, 6.45) is 5.06. The first kappa shape index (κ1) is 22.3. The van der Waals surface area contributed by atoms with E-state index in [2.05, 4.69) is 20.6 Å². The van der Waals surface area contributed by atoms with Gasteiger partial charge in [-0.15, -0.1) is 22.7 Å². The van der Waals surface area contributed by atoms with Crippen molar-refractivity contribution in [2.24, 2.45) is 0 Å². The minimum Gasteiger partial charge on any atom is -0.316 e. The predicted octanol–water partition coefficient (Wildman–Crippen LogP) is 3.81. The van der Waals surface area contributed by atoms with Gasteiger partial charge >= 0.3 is 0 Å². The van der Waals surface area contributed by atoms with Gasteiger partial charge in [0.25, 0.3) is 11.8 Å². The van der Waals surface area contributed by atoms with Crippen molar-refractivity contribution in [1.82, 2.24) is 20.8 Å². The van der Waals surface area contributed by atoms with Gasteiger partial charge in [-0.2, -0.15) is 0 Å². The van der Waals surface area contributed by atoms with Gasteiger partial charge in [-0.1, -0.05) is 24.3 Å². The van der Waals surface area contributed by atoms with Crippen LogP contribution in [-0.4, -0.2) is 40.1 Å². The van der Waals surface area contributed by atoms with Gasteiger partial charge in [0.1, 0.15) is 4.88 Å². The Kier molecular flexibility index (Phi) is 7.05. The fraction of sp³-hybridized carbons (Fsp3) is 0.273. The molecule has 1 aliphatic heterocycles. The van der Waals surface area contributed by atoms with Crippen LogP contribution in [0.25, 0.3) is 17.3 Å². The van der Waals surface area contributed by atoms with Gasteiger partial charge in [0.05, 0.1) is 16.4 Å². The van der Waals surface area contributed by atoms with Crippen molar-refractivity contribution >= 4 is 45.7 Å². The van der Waals surface area contributed by atoms with Gasteiger partial charge in [0.15, 0.2) is 5.13 Å². The molecule has 3 heterocycles. The Morgan fingerprint density at radius 1 is 1.25 bits per heavy atom. The fourth-order valence-electron chi connectivity index (χ4n) is 3.46. The van der Waals surface area contributed by atoms with Crippen LogP contribution < -0.4 is 16.1 Å². The molecular weight excluding hydrogens is 446 g/mol. The molecule has 166 valence electrons. The lowest BCUT2D eigenvalue weighted by atomic mass is 10.0. The normalized spacial score (nSPS) is 16.2. The van der Waals surface area contributed by atoms with Crippen LogP contribution in [0.1, 0.15) is 44.7 Å². The first-order valence-electron chi connectivity index (χ1n) is 10.2. The smallest absolute Gasteiger partial charge is 0.269 e. The minimum absolute atomic E-state index is 0.182. The highest BCUT2D eigenvalue weighted by Gasteiger charge is 2.23. The van der Waals surface area contributed by atoms with Crippen LogP contribution in [-0.2, 0) is 4.79 Å². The van der Waals surface area contributed by atoms with Crippen LogP contribution in [0.4, 0.5) is 5.13 Å². The maximum absolute atomic E-state index is 12.8. The second-order valence-electron chi connectivity index (χ2n) is 7.43. The van der Waals surface area contributed by atoms with Crippen LogP contribution in [0, 0.1) is 6.92 Å². The van der Waals surface area contributed by atoms with Crippen LogP contribution >= 0.6 is 22.7 Å². The van der Waals surface area contributed by atoms with Gasteiger partial charge < -0.3 is 5.32 Å². The molecule has 10 heteroatoms. The van der Waals surface area contributed by atoms with E-state index in [1.165, 1.54) is 28.7 Å². The van der Waals surface area contributed by atoms with Crippen molar-refractivity contribution in [3.8, 4) is 11.3 Å². The summed E-state index contributed by atoms with van der Waals surface area (Å²) < 4.78 is 0. The number of amides is 2. The highest BCUT2D eigenvalue weighted by atomic mass is 32.1. The van der Waals surface area contributed by atoms with Crippen LogP contribution in [0.5, 0.6) is 0 Å². The van der Waals surface area contributed by atoms with Gasteiger partial charge in [-0.05, 0) is 37.9 Å². The molecule has 32 heavy (non-hydrogen) atoms. The summed E-state index contributed by atoms with van der Waals surface area (Å²) in [5, 5.41) is 18.3. The van der Waals surface area contributed by atoms with E-state index < -0.39 is 5.91 Å². The Morgan fingerprint density at radius 2 is 2.06 bits per heavy atom. The second kappa shape index (κ2) is 10.1. The summed E-state index contributed by atoms with van der Waals surface area (Å²) in [6, 6.07) is 7.46. The maximum Gasteiger partial charge on any atom is 0.269 e. The van der Waals surface area contributed by atoms with E-state index in [1.54, 1.807) is 11.6 Å². The monoisotopic (exact) mass is 469 g/mol. The fourth-order valence-corrected chi connectivity index (χ4v) is 5.27. The number of carbonyl (C=O) groups excluding carboxylic acids is 2. The summed E-state index contributed by atoms with van der Waals surface area (Å²) >= 11 is 2.84. The van der Waals surface area contributed by atoms with Gasteiger partial charge in [-0.25, -0.2) is 15.4 Å². The molecule has 4 N–H and O–H groups in total. The van der Waals surface area contributed by atoms with Crippen molar-refractivity contribution in [1.29, 1.82) is 0 Å². The number of carbonyl (C=O) groups is 2. The molecule has 0 bridgehead atoms. The highest BCUT2D eigenvalue weighted by Crippen LogP contribution is 2.31. The number of nitrogens with one attached hydrogen (secondary N) is 3. The van der Waals surface area contributed by atoms with Gasteiger partial charge in [0.2, 0.25) is 0 Å². The molecule has 1 atom stereocenters. The Bertz CT molecular complexity index is 1130. The Morgan fingerprint density at radius 3 is 2.78 bits per heavy atom. The molecule has 8 nitrogen and oxygen atoms in total. The molecule has 2 amide bonds. The largest absolute Gasteiger partial charge is 0.316 e. The van der Waals surface area contributed by atoms with E-state index in [4.69, 9.17) is 5.21 Å². The van der Waals surface area contributed by atoms with Crippen LogP contribution in [0.3, 0.4) is 0 Å². The number of rotatable bonds is 6. The standard InChI is InChI=1S/C22H23N5O3S2/c1-13-19(32-21(24-13)16-3-2-10-23-11-16)20(29)26-22-25-17(12-31-22)15-7-4-14(5-8-15)6-9-18(28)27-30/h4-9,12,16,23,30H,2-3,10-11H2,1H3,(H,27,28)(H,25,26,29). The summed E-state index contributed by atoms with van der Waals surface area (Å²) in [6.45, 7) is 3.83. The average Bonchev–Trinajstić information content (AvgIpc) is 3.45. The van der Waals surface area contributed by atoms with E-state index in [9.17, 15) is 9.59 Å². The number of anilines is 1. The Balaban J connectivity index is 1.42. The first-order valence-corrected chi connectivity index (χ1v) is 11.9. The number of hydrogen-bond donors (Lipinski definition) is 4. The molecular formula is C22H23N5O3S2. The number of aryl methyl sites for hydroxylation is 1. The van der Waals surface area contributed by atoms with Crippen molar-refractivity contribution in [3.63, 3.8) is 0 Å². The second-order valence-corrected chi connectivity index (χ2v) is 9.32. The molecule has 0 spiro atoms. The van der Waals surface area contributed by atoms with Crippen molar-refractivity contribution < 1.29 is 14.8 Å². The lowest BCUT2D eigenvalue weighted by Gasteiger charge is -2.20. The van der Waals surface area contributed by atoms with E-state index in [0.29, 0.717) is 15.9 Å². The molecule has 0 saturated carbocycles. The molecule has 1 saturated heterocycles. The topological polar surface area (TPSA) is 116 Å². The molecule has 1 aliphatic rings. The molecule has 2 aromatic heterocycles. The lowest BCUT2D eigenvalue weighted by Crippen LogP contribution is -2.28. The van der Waals surface area contributed by atoms with Crippen molar-refractivity contribution in [3.05, 3.63) is 56.9 Å². The number of aromatic nitrogens is 2. The third-order valence-electron chi connectivity index (χ3n) is 5.13. The summed E-state index contributed by atoms with van der Waals surface area (Å²) in [5.41, 5.74) is 4.76. The number of hydroxylamine groups is 1. The zero-order chi connectivity index (χ0) is 22.5. The minimum atomic E-state index is -0.590. The van der Waals surface area contributed by atoms with Gasteiger partial charge in [0, 0.05) is 29.5 Å². The van der Waals surface area contributed by atoms with E-state index in [-0.39, 0.29) is 5.91 Å². The molecule has 0 aliphatic carbocycles. The van der Waals surface area contributed by atoms with E-state index in [0.717, 1.165) is 53.5 Å². The summed E-state index contributed by atoms with van der Waals surface area (Å²) in [4.78, 5) is 33.7. The lowest BCUT2D eigenvalue weighted by molar-refractivity contribution is -0.124. The van der Waals surface area contributed by atoms with E-state index >= 15 is 0 Å². The molecule has 1 aromatic carbocycles. The Hall–Kier alpha value is -2.92. The van der Waals surface area contributed by atoms with Crippen LogP contribution in [0.2, 0.25) is 0 Å². The first-order chi connectivity index (χ1) is 15.5. The molecule has 1 unspecified atom stereocenters. The van der Waals surface area contributed by atoms with Crippen molar-refractivity contribution in [2.75, 3.05) is 18.4 Å². The summed E-state index contributed by atoms with van der Waals surface area (Å²) in [7, 11) is 0. The molecule has 3 aromatic rings. The maximum atomic E-state index is 12.8. The van der Waals surface area contributed by atoms with Crippen LogP contribution in [0.15, 0.2) is 35.7 Å². The predicted molar refractivity (Wildman–Crippen MR) is 126 cm³/mol. The average molecular weight is 470 g/mol. The highest BCUT2D eigenvalue weighted by molar-refractivity contribution is 7.15. The SMILES string of the molecule is Cc1nc(C2CCCNC2)sc1C(=O)Nc1nc(-c2ccc(C=CC(=O)NO)cc2)cs1. The number of piperidine rings is 1. The van der Waals surface area contributed by atoms with Crippen molar-refractivity contribution in [2.45, 2.75) is 25.7 Å². The number of benzene rings is 1. The number of nitrogens with zero attached hydrogens (tertiary/aromatic N) is 2. The molecule has 4 rings (SSSR count). The Labute approximate surface area is 193 Å². The molecule has 1 fully saturated rings. The zero-order valence-electron chi connectivity index (χ0n) is 17.4. The third kappa shape index (κ3) is 5.28.